The highest BCUT2D eigenvalue weighted by Gasteiger charge is 2.59. The fraction of sp³-hybridized carbons (Fsp3) is 0.857. The van der Waals surface area contributed by atoms with Crippen LogP contribution in [0.2, 0.25) is 0 Å². The molecule has 0 radical (unpaired) electrons. The number of carbonyl (C=O) groups excluding carboxylic acids is 2. The van der Waals surface area contributed by atoms with Gasteiger partial charge in [-0.2, -0.15) is 4.80 Å². The molecule has 1 aromatic heterocycles. The topological polar surface area (TPSA) is 102 Å². The molecule has 4 bridgehead atoms. The molecule has 0 aromatic carbocycles. The molecule has 2 amide bonds. The van der Waals surface area contributed by atoms with E-state index < -0.39 is 0 Å². The summed E-state index contributed by atoms with van der Waals surface area (Å²) in [6.07, 6.45) is 7.60. The SMILES string of the molecule is Cc1nnn(C23C[C@@H]4C[C@@H](CC(CC(=O)NCCC(=O)N5CCOCC5)(C4)C2)C3)n1. The molecule has 6 rings (SSSR count). The third kappa shape index (κ3) is 3.72. The second kappa shape index (κ2) is 7.59. The average Bonchev–Trinajstić information content (AvgIpc) is 3.14. The number of morpholine rings is 1. The lowest BCUT2D eigenvalue weighted by Crippen LogP contribution is -2.58. The molecule has 4 saturated carbocycles. The number of nitrogens with zero attached hydrogens (tertiary/aromatic N) is 5. The summed E-state index contributed by atoms with van der Waals surface area (Å²) in [7, 11) is 0. The van der Waals surface area contributed by atoms with Gasteiger partial charge in [0.15, 0.2) is 5.82 Å². The molecule has 2 unspecified atom stereocenters. The van der Waals surface area contributed by atoms with E-state index in [0.717, 1.165) is 32.1 Å². The second-order valence-electron chi connectivity index (χ2n) is 10.1. The summed E-state index contributed by atoms with van der Waals surface area (Å²) in [4.78, 5) is 28.8. The maximum absolute atomic E-state index is 12.8. The van der Waals surface area contributed by atoms with Gasteiger partial charge in [0, 0.05) is 32.5 Å². The van der Waals surface area contributed by atoms with E-state index in [4.69, 9.17) is 4.74 Å². The summed E-state index contributed by atoms with van der Waals surface area (Å²) in [5.74, 6) is 2.17. The summed E-state index contributed by atoms with van der Waals surface area (Å²) in [6, 6.07) is 0. The fourth-order valence-electron chi connectivity index (χ4n) is 7.01. The zero-order valence-corrected chi connectivity index (χ0v) is 17.8. The Hall–Kier alpha value is -2.03. The van der Waals surface area contributed by atoms with Crippen LogP contribution in [-0.2, 0) is 19.9 Å². The highest BCUT2D eigenvalue weighted by atomic mass is 16.5. The first-order chi connectivity index (χ1) is 14.5. The van der Waals surface area contributed by atoms with Gasteiger partial charge in [-0.15, -0.1) is 10.2 Å². The van der Waals surface area contributed by atoms with E-state index in [2.05, 4.69) is 20.7 Å². The normalized spacial score (nSPS) is 34.9. The van der Waals surface area contributed by atoms with Crippen LogP contribution in [0.1, 0.15) is 57.2 Å². The van der Waals surface area contributed by atoms with Crippen molar-refractivity contribution in [1.82, 2.24) is 30.4 Å². The van der Waals surface area contributed by atoms with Gasteiger partial charge in [-0.25, -0.2) is 0 Å². The Morgan fingerprint density at radius 3 is 2.57 bits per heavy atom. The van der Waals surface area contributed by atoms with Crippen molar-refractivity contribution >= 4 is 11.8 Å². The molecule has 1 saturated heterocycles. The van der Waals surface area contributed by atoms with Gasteiger partial charge in [0.1, 0.15) is 0 Å². The molecule has 4 atom stereocenters. The lowest BCUT2D eigenvalue weighted by Gasteiger charge is -2.61. The minimum atomic E-state index is -0.0715. The number of ether oxygens (including phenoxy) is 1. The molecule has 1 aliphatic heterocycles. The number of aryl methyl sites for hydroxylation is 1. The van der Waals surface area contributed by atoms with Crippen LogP contribution in [0, 0.1) is 24.2 Å². The molecule has 4 aliphatic carbocycles. The molecular formula is C21H32N6O3. The molecular weight excluding hydrogens is 384 g/mol. The van der Waals surface area contributed by atoms with Gasteiger partial charge in [0.25, 0.3) is 0 Å². The fourth-order valence-corrected chi connectivity index (χ4v) is 7.01. The van der Waals surface area contributed by atoms with Crippen molar-refractivity contribution in [2.24, 2.45) is 17.3 Å². The van der Waals surface area contributed by atoms with E-state index in [9.17, 15) is 9.59 Å². The predicted molar refractivity (Wildman–Crippen MR) is 107 cm³/mol. The quantitative estimate of drug-likeness (QED) is 0.743. The number of amides is 2. The van der Waals surface area contributed by atoms with Crippen LogP contribution in [0.4, 0.5) is 0 Å². The number of hydrogen-bond donors (Lipinski definition) is 1. The summed E-state index contributed by atoms with van der Waals surface area (Å²) >= 11 is 0. The third-order valence-electron chi connectivity index (χ3n) is 7.65. The largest absolute Gasteiger partial charge is 0.378 e. The number of aromatic nitrogens is 4. The Labute approximate surface area is 176 Å². The lowest BCUT2D eigenvalue weighted by atomic mass is 9.46. The van der Waals surface area contributed by atoms with Crippen molar-refractivity contribution in [3.8, 4) is 0 Å². The summed E-state index contributed by atoms with van der Waals surface area (Å²) in [5.41, 5.74) is -0.0398. The molecule has 1 N–H and O–H groups in total. The summed E-state index contributed by atoms with van der Waals surface area (Å²) in [5, 5.41) is 16.0. The van der Waals surface area contributed by atoms with Crippen molar-refractivity contribution < 1.29 is 14.3 Å². The predicted octanol–water partition coefficient (Wildman–Crippen LogP) is 1.03. The summed E-state index contributed by atoms with van der Waals surface area (Å²) < 4.78 is 5.29. The van der Waals surface area contributed by atoms with Crippen LogP contribution in [0.3, 0.4) is 0 Å². The van der Waals surface area contributed by atoms with E-state index in [-0.39, 0.29) is 22.8 Å². The Morgan fingerprint density at radius 1 is 1.17 bits per heavy atom. The first kappa shape index (κ1) is 19.9. The van der Waals surface area contributed by atoms with Crippen LogP contribution in [-0.4, -0.2) is 69.8 Å². The highest BCUT2D eigenvalue weighted by Crippen LogP contribution is 2.65. The molecule has 9 nitrogen and oxygen atoms in total. The smallest absolute Gasteiger partial charge is 0.224 e. The molecule has 1 aromatic rings. The number of rotatable bonds is 6. The minimum Gasteiger partial charge on any atom is -0.378 e. The van der Waals surface area contributed by atoms with Crippen molar-refractivity contribution in [2.45, 2.75) is 63.8 Å². The van der Waals surface area contributed by atoms with Crippen molar-refractivity contribution in [2.75, 3.05) is 32.8 Å². The second-order valence-corrected chi connectivity index (χ2v) is 10.1. The minimum absolute atomic E-state index is 0.0317. The maximum Gasteiger partial charge on any atom is 0.224 e. The van der Waals surface area contributed by atoms with Gasteiger partial charge in [-0.1, -0.05) is 0 Å². The monoisotopic (exact) mass is 416 g/mol. The van der Waals surface area contributed by atoms with Crippen molar-refractivity contribution in [1.29, 1.82) is 0 Å². The molecule has 2 heterocycles. The Kier molecular flexibility index (Phi) is 5.03. The third-order valence-corrected chi connectivity index (χ3v) is 7.65. The zero-order valence-electron chi connectivity index (χ0n) is 17.8. The van der Waals surface area contributed by atoms with Gasteiger partial charge >= 0.3 is 0 Å². The lowest BCUT2D eigenvalue weighted by molar-refractivity contribution is -0.139. The van der Waals surface area contributed by atoms with Gasteiger partial charge in [-0.3, -0.25) is 9.59 Å². The average molecular weight is 417 g/mol. The first-order valence-electron chi connectivity index (χ1n) is 11.3. The van der Waals surface area contributed by atoms with Crippen molar-refractivity contribution in [3.05, 3.63) is 5.82 Å². The van der Waals surface area contributed by atoms with E-state index in [1.807, 2.05) is 16.6 Å². The zero-order chi connectivity index (χ0) is 20.8. The number of hydrogen-bond acceptors (Lipinski definition) is 6. The molecule has 30 heavy (non-hydrogen) atoms. The van der Waals surface area contributed by atoms with Gasteiger partial charge in [0.05, 0.1) is 18.8 Å². The molecule has 0 spiro atoms. The maximum atomic E-state index is 12.8. The van der Waals surface area contributed by atoms with Crippen molar-refractivity contribution in [3.63, 3.8) is 0 Å². The summed E-state index contributed by atoms with van der Waals surface area (Å²) in [6.45, 7) is 4.79. The van der Waals surface area contributed by atoms with Gasteiger partial charge < -0.3 is 15.0 Å². The number of nitrogens with one attached hydrogen (secondary N) is 1. The van der Waals surface area contributed by atoms with E-state index in [1.54, 1.807) is 0 Å². The van der Waals surface area contributed by atoms with Gasteiger partial charge in [0.2, 0.25) is 11.8 Å². The Bertz CT molecular complexity index is 803. The molecule has 164 valence electrons. The Balaban J connectivity index is 1.19. The number of tetrazole rings is 1. The van der Waals surface area contributed by atoms with Gasteiger partial charge in [-0.05, 0) is 67.9 Å². The standard InChI is InChI=1S/C21H32N6O3/c1-15-23-25-27(24-15)21-11-16-8-17(12-21)10-20(9-16,14-21)13-18(28)22-3-2-19(29)26-4-6-30-7-5-26/h16-17H,2-14H2,1H3,(H,22,28)/t16-,17+,20?,21?. The van der Waals surface area contributed by atoms with Crippen LogP contribution in [0.25, 0.3) is 0 Å². The van der Waals surface area contributed by atoms with E-state index in [0.29, 0.717) is 63.3 Å². The first-order valence-corrected chi connectivity index (χ1v) is 11.3. The van der Waals surface area contributed by atoms with E-state index >= 15 is 0 Å². The van der Waals surface area contributed by atoms with Crippen LogP contribution in [0.15, 0.2) is 0 Å². The molecule has 9 heteroatoms. The van der Waals surface area contributed by atoms with Crippen LogP contribution >= 0.6 is 0 Å². The Morgan fingerprint density at radius 2 is 1.90 bits per heavy atom. The number of carbonyl (C=O) groups is 2. The van der Waals surface area contributed by atoms with Crippen LogP contribution in [0.5, 0.6) is 0 Å². The molecule has 5 aliphatic rings. The highest BCUT2D eigenvalue weighted by molar-refractivity contribution is 5.79. The van der Waals surface area contributed by atoms with E-state index in [1.165, 1.54) is 6.42 Å². The van der Waals surface area contributed by atoms with Crippen LogP contribution < -0.4 is 5.32 Å². The molecule has 5 fully saturated rings.